The highest BCUT2D eigenvalue weighted by molar-refractivity contribution is 7.99. The van der Waals surface area contributed by atoms with Crippen molar-refractivity contribution in [2.45, 2.75) is 44.2 Å². The summed E-state index contributed by atoms with van der Waals surface area (Å²) in [6.45, 7) is 6.09. The van der Waals surface area contributed by atoms with E-state index in [0.29, 0.717) is 17.9 Å². The molecule has 3 saturated heterocycles. The van der Waals surface area contributed by atoms with Crippen LogP contribution in [0.1, 0.15) is 35.9 Å². The average molecular weight is 444 g/mol. The number of carbonyl (C=O) groups is 1. The number of amides is 1. The Morgan fingerprint density at radius 2 is 2.10 bits per heavy atom. The summed E-state index contributed by atoms with van der Waals surface area (Å²) in [5.41, 5.74) is 2.28. The number of aryl methyl sites for hydroxylation is 1. The molecular weight excluding hydrogens is 414 g/mol. The molecule has 30 heavy (non-hydrogen) atoms. The van der Waals surface area contributed by atoms with Crippen molar-refractivity contribution in [2.75, 3.05) is 37.8 Å². The summed E-state index contributed by atoms with van der Waals surface area (Å²) in [6.07, 6.45) is 5.06. The summed E-state index contributed by atoms with van der Waals surface area (Å²) in [6, 6.07) is 6.58. The van der Waals surface area contributed by atoms with Gasteiger partial charge in [-0.1, -0.05) is 6.07 Å². The van der Waals surface area contributed by atoms with Crippen LogP contribution >= 0.6 is 23.1 Å². The van der Waals surface area contributed by atoms with E-state index in [1.54, 1.807) is 11.3 Å². The van der Waals surface area contributed by atoms with Crippen molar-refractivity contribution < 1.29 is 4.79 Å². The number of aromatic nitrogens is 2. The Bertz CT molecular complexity index is 875. The largest absolute Gasteiger partial charge is 0.331 e. The first-order valence-electron chi connectivity index (χ1n) is 10.9. The minimum Gasteiger partial charge on any atom is -0.331 e. The van der Waals surface area contributed by atoms with E-state index in [-0.39, 0.29) is 6.04 Å². The lowest BCUT2D eigenvalue weighted by atomic mass is 9.91. The van der Waals surface area contributed by atoms with Gasteiger partial charge in [-0.2, -0.15) is 0 Å². The highest BCUT2D eigenvalue weighted by Crippen LogP contribution is 2.38. The van der Waals surface area contributed by atoms with Crippen LogP contribution < -0.4 is 5.32 Å². The molecule has 3 aliphatic rings. The minimum atomic E-state index is 0.00312. The topological polar surface area (TPSA) is 61.4 Å². The first kappa shape index (κ1) is 20.4. The quantitative estimate of drug-likeness (QED) is 0.784. The van der Waals surface area contributed by atoms with Crippen molar-refractivity contribution in [1.29, 1.82) is 0 Å². The average Bonchev–Trinajstić information content (AvgIpc) is 3.55. The van der Waals surface area contributed by atoms with Gasteiger partial charge in [0, 0.05) is 37.0 Å². The molecule has 8 heteroatoms. The number of thioether (sulfide) groups is 1. The maximum atomic E-state index is 12.7. The van der Waals surface area contributed by atoms with Crippen molar-refractivity contribution in [3.8, 4) is 10.6 Å². The Morgan fingerprint density at radius 1 is 1.23 bits per heavy atom. The molecule has 0 spiro atoms. The number of piperidine rings is 1. The molecule has 6 nitrogen and oxygen atoms in total. The first-order valence-corrected chi connectivity index (χ1v) is 12.9. The van der Waals surface area contributed by atoms with E-state index in [0.717, 1.165) is 67.8 Å². The fourth-order valence-corrected chi connectivity index (χ4v) is 6.87. The van der Waals surface area contributed by atoms with Gasteiger partial charge in [0.25, 0.3) is 0 Å². The van der Waals surface area contributed by atoms with E-state index in [9.17, 15) is 4.79 Å². The molecule has 2 atom stereocenters. The fourth-order valence-electron chi connectivity index (χ4n) is 4.93. The molecule has 0 unspecified atom stereocenters. The van der Waals surface area contributed by atoms with Gasteiger partial charge in [-0.15, -0.1) is 23.1 Å². The molecule has 0 aromatic carbocycles. The third-order valence-corrected chi connectivity index (χ3v) is 8.54. The molecule has 5 heterocycles. The van der Waals surface area contributed by atoms with Crippen LogP contribution in [0.25, 0.3) is 10.6 Å². The molecule has 0 bridgehead atoms. The number of carbonyl (C=O) groups excluding carboxylic acids is 1. The molecule has 3 aliphatic heterocycles. The smallest absolute Gasteiger partial charge is 0.240 e. The molecule has 2 aromatic heterocycles. The van der Waals surface area contributed by atoms with Gasteiger partial charge in [0.1, 0.15) is 0 Å². The maximum Gasteiger partial charge on any atom is 0.240 e. The molecule has 1 amide bonds. The third kappa shape index (κ3) is 4.15. The van der Waals surface area contributed by atoms with Crippen molar-refractivity contribution >= 4 is 29.0 Å². The third-order valence-electron chi connectivity index (χ3n) is 6.56. The predicted molar refractivity (Wildman–Crippen MR) is 123 cm³/mol. The van der Waals surface area contributed by atoms with Gasteiger partial charge in [-0.05, 0) is 51.4 Å². The van der Waals surface area contributed by atoms with E-state index in [1.165, 1.54) is 10.6 Å². The highest BCUT2D eigenvalue weighted by Gasteiger charge is 2.37. The molecule has 5 rings (SSSR count). The number of pyridine rings is 1. The second kappa shape index (κ2) is 8.94. The molecule has 0 aliphatic carbocycles. The maximum absolute atomic E-state index is 12.7. The Balaban J connectivity index is 1.20. The van der Waals surface area contributed by atoms with Crippen molar-refractivity contribution in [1.82, 2.24) is 25.1 Å². The summed E-state index contributed by atoms with van der Waals surface area (Å²) in [4.78, 5) is 28.0. The number of nitrogens with zero attached hydrogens (tertiary/aromatic N) is 4. The SMILES string of the molecule is Cc1nc(C2CCN([C@@H]3CN[C@H](C(=O)N4CCSC4)C3)CC2)c(-c2ccccn2)s1. The minimum absolute atomic E-state index is 0.00312. The number of nitrogens with one attached hydrogen (secondary N) is 1. The zero-order chi connectivity index (χ0) is 20.5. The summed E-state index contributed by atoms with van der Waals surface area (Å²) >= 11 is 3.62. The first-order chi connectivity index (χ1) is 14.7. The van der Waals surface area contributed by atoms with Gasteiger partial charge in [0.05, 0.1) is 33.2 Å². The van der Waals surface area contributed by atoms with E-state index in [2.05, 4.69) is 34.3 Å². The van der Waals surface area contributed by atoms with Crippen LogP contribution in [0, 0.1) is 6.92 Å². The van der Waals surface area contributed by atoms with E-state index in [4.69, 9.17) is 4.98 Å². The number of hydrogen-bond acceptors (Lipinski definition) is 7. The Hall–Kier alpha value is -1.48. The number of thiazole rings is 1. The molecule has 160 valence electrons. The molecular formula is C22H29N5OS2. The second-order valence-corrected chi connectivity index (χ2v) is 10.7. The van der Waals surface area contributed by atoms with Crippen molar-refractivity contribution in [2.24, 2.45) is 0 Å². The molecule has 0 saturated carbocycles. The Morgan fingerprint density at radius 3 is 2.83 bits per heavy atom. The second-order valence-electron chi connectivity index (χ2n) is 8.46. The zero-order valence-corrected chi connectivity index (χ0v) is 19.1. The van der Waals surface area contributed by atoms with Crippen molar-refractivity contribution in [3.63, 3.8) is 0 Å². The van der Waals surface area contributed by atoms with Crippen LogP contribution in [-0.2, 0) is 4.79 Å². The Kier molecular flexibility index (Phi) is 6.09. The van der Waals surface area contributed by atoms with Crippen LogP contribution in [0.5, 0.6) is 0 Å². The number of likely N-dealkylation sites (tertiary alicyclic amines) is 1. The van der Waals surface area contributed by atoms with Gasteiger partial charge in [0.15, 0.2) is 0 Å². The van der Waals surface area contributed by atoms with Crippen LogP contribution in [0.15, 0.2) is 24.4 Å². The van der Waals surface area contributed by atoms with Crippen LogP contribution in [0.3, 0.4) is 0 Å². The van der Waals surface area contributed by atoms with Gasteiger partial charge >= 0.3 is 0 Å². The van der Waals surface area contributed by atoms with Gasteiger partial charge < -0.3 is 10.2 Å². The lowest BCUT2D eigenvalue weighted by Crippen LogP contribution is -2.42. The summed E-state index contributed by atoms with van der Waals surface area (Å²) in [5, 5.41) is 4.62. The molecule has 1 N–H and O–H groups in total. The molecule has 0 radical (unpaired) electrons. The number of rotatable bonds is 4. The van der Waals surface area contributed by atoms with E-state index >= 15 is 0 Å². The van der Waals surface area contributed by atoms with Crippen molar-refractivity contribution in [3.05, 3.63) is 35.1 Å². The standard InChI is InChI=1S/C22H29N5OS2/c1-15-25-20(21(30-15)18-4-2-3-7-23-18)16-5-8-26(9-6-16)17-12-19(24-13-17)22(28)27-10-11-29-14-27/h2-4,7,16-17,19,24H,5-6,8-14H2,1H3/t17-,19-/m0/s1. The lowest BCUT2D eigenvalue weighted by molar-refractivity contribution is -0.131. The fraction of sp³-hybridized carbons (Fsp3) is 0.591. The monoisotopic (exact) mass is 443 g/mol. The Labute approximate surface area is 186 Å². The van der Waals surface area contributed by atoms with Crippen LogP contribution in [0.4, 0.5) is 0 Å². The predicted octanol–water partition coefficient (Wildman–Crippen LogP) is 2.96. The van der Waals surface area contributed by atoms with E-state index in [1.807, 2.05) is 28.9 Å². The van der Waals surface area contributed by atoms with E-state index < -0.39 is 0 Å². The van der Waals surface area contributed by atoms with Gasteiger partial charge in [0.2, 0.25) is 5.91 Å². The highest BCUT2D eigenvalue weighted by atomic mass is 32.2. The van der Waals surface area contributed by atoms with Crippen LogP contribution in [-0.4, -0.2) is 75.6 Å². The summed E-state index contributed by atoms with van der Waals surface area (Å²) < 4.78 is 0. The zero-order valence-electron chi connectivity index (χ0n) is 17.4. The van der Waals surface area contributed by atoms with Gasteiger partial charge in [-0.3, -0.25) is 14.7 Å². The number of hydrogen-bond donors (Lipinski definition) is 1. The van der Waals surface area contributed by atoms with Gasteiger partial charge in [-0.25, -0.2) is 4.98 Å². The molecule has 2 aromatic rings. The van der Waals surface area contributed by atoms with Crippen LogP contribution in [0.2, 0.25) is 0 Å². The summed E-state index contributed by atoms with van der Waals surface area (Å²) in [5.74, 6) is 2.73. The summed E-state index contributed by atoms with van der Waals surface area (Å²) in [7, 11) is 0. The lowest BCUT2D eigenvalue weighted by Gasteiger charge is -2.35. The molecule has 3 fully saturated rings. The normalized spacial score (nSPS) is 25.8.